The molecule has 0 spiro atoms. The van der Waals surface area contributed by atoms with Crippen LogP contribution in [-0.2, 0) is 22.7 Å². The highest BCUT2D eigenvalue weighted by Gasteiger charge is 2.20. The molecule has 1 N–H and O–H groups in total. The van der Waals surface area contributed by atoms with Crippen molar-refractivity contribution in [3.63, 3.8) is 0 Å². The van der Waals surface area contributed by atoms with Crippen LogP contribution in [0.15, 0.2) is 24.3 Å². The molecule has 0 aliphatic heterocycles. The van der Waals surface area contributed by atoms with Crippen molar-refractivity contribution in [2.45, 2.75) is 39.5 Å². The average molecular weight is 292 g/mol. The predicted octanol–water partition coefficient (Wildman–Crippen LogP) is 2.43. The minimum absolute atomic E-state index is 0.133. The fourth-order valence-electron chi connectivity index (χ4n) is 2.29. The zero-order valence-corrected chi connectivity index (χ0v) is 13.8. The van der Waals surface area contributed by atoms with Gasteiger partial charge >= 0.3 is 0 Å². The largest absolute Gasteiger partial charge is 0.380 e. The first-order valence-electron chi connectivity index (χ1n) is 7.45. The van der Waals surface area contributed by atoms with Gasteiger partial charge in [0.1, 0.15) is 0 Å². The summed E-state index contributed by atoms with van der Waals surface area (Å²) in [5.74, 6) is 0.614. The van der Waals surface area contributed by atoms with Crippen LogP contribution in [-0.4, -0.2) is 38.1 Å². The Bertz CT molecular complexity index is 444. The predicted molar refractivity (Wildman–Crippen MR) is 85.9 cm³/mol. The Morgan fingerprint density at radius 2 is 1.95 bits per heavy atom. The Morgan fingerprint density at radius 3 is 2.52 bits per heavy atom. The normalized spacial score (nSPS) is 12.5. The number of hydrogen-bond donors (Lipinski definition) is 1. The Morgan fingerprint density at radius 1 is 1.29 bits per heavy atom. The minimum Gasteiger partial charge on any atom is -0.380 e. The van der Waals surface area contributed by atoms with E-state index < -0.39 is 0 Å². The third-order valence-corrected chi connectivity index (χ3v) is 3.30. The first kappa shape index (κ1) is 17.7. The summed E-state index contributed by atoms with van der Waals surface area (Å²) in [5, 5.41) is 3.39. The van der Waals surface area contributed by atoms with Crippen molar-refractivity contribution < 1.29 is 9.53 Å². The number of ether oxygens (including phenoxy) is 1. The van der Waals surface area contributed by atoms with E-state index in [1.807, 2.05) is 12.1 Å². The summed E-state index contributed by atoms with van der Waals surface area (Å²) in [6.45, 7) is 5.57. The third kappa shape index (κ3) is 6.27. The highest BCUT2D eigenvalue weighted by Crippen LogP contribution is 2.10. The molecule has 4 nitrogen and oxygen atoms in total. The second-order valence-corrected chi connectivity index (χ2v) is 6.05. The number of rotatable bonds is 8. The zero-order chi connectivity index (χ0) is 15.8. The summed E-state index contributed by atoms with van der Waals surface area (Å²) >= 11 is 0. The Hall–Kier alpha value is -1.39. The smallest absolute Gasteiger partial charge is 0.239 e. The SMILES string of the molecule is COCc1cccc(CNC(CC(C)C)C(=O)N(C)C)c1. The lowest BCUT2D eigenvalue weighted by molar-refractivity contribution is -0.131. The van der Waals surface area contributed by atoms with E-state index in [1.54, 1.807) is 26.1 Å². The van der Waals surface area contributed by atoms with E-state index in [2.05, 4.69) is 31.3 Å². The van der Waals surface area contributed by atoms with Gasteiger partial charge in [-0.15, -0.1) is 0 Å². The first-order chi connectivity index (χ1) is 9.93. The maximum absolute atomic E-state index is 12.2. The standard InChI is InChI=1S/C17H28N2O2/c1-13(2)9-16(17(20)19(3)4)18-11-14-7-6-8-15(10-14)12-21-5/h6-8,10,13,16,18H,9,11-12H2,1-5H3. The number of nitrogens with zero attached hydrogens (tertiary/aromatic N) is 1. The van der Waals surface area contributed by atoms with E-state index in [0.717, 1.165) is 12.0 Å². The molecule has 0 saturated carbocycles. The van der Waals surface area contributed by atoms with Gasteiger partial charge in [-0.2, -0.15) is 0 Å². The molecule has 1 amide bonds. The van der Waals surface area contributed by atoms with E-state index in [1.165, 1.54) is 5.56 Å². The molecule has 4 heteroatoms. The molecule has 0 saturated heterocycles. The quantitative estimate of drug-likeness (QED) is 0.800. The second-order valence-electron chi connectivity index (χ2n) is 6.05. The van der Waals surface area contributed by atoms with E-state index >= 15 is 0 Å². The van der Waals surface area contributed by atoms with Crippen LogP contribution < -0.4 is 5.32 Å². The molecular formula is C17H28N2O2. The molecule has 0 aliphatic carbocycles. The van der Waals surface area contributed by atoms with Crippen LogP contribution >= 0.6 is 0 Å². The van der Waals surface area contributed by atoms with Gasteiger partial charge in [0.2, 0.25) is 5.91 Å². The number of hydrogen-bond acceptors (Lipinski definition) is 3. The highest BCUT2D eigenvalue weighted by atomic mass is 16.5. The van der Waals surface area contributed by atoms with E-state index in [9.17, 15) is 4.79 Å². The lowest BCUT2D eigenvalue weighted by atomic mass is 10.0. The molecule has 1 aromatic rings. The van der Waals surface area contributed by atoms with Crippen molar-refractivity contribution in [3.05, 3.63) is 35.4 Å². The molecule has 0 heterocycles. The molecule has 1 unspecified atom stereocenters. The van der Waals surface area contributed by atoms with Gasteiger partial charge in [-0.3, -0.25) is 4.79 Å². The van der Waals surface area contributed by atoms with Crippen LogP contribution in [0.5, 0.6) is 0 Å². The number of methoxy groups -OCH3 is 1. The van der Waals surface area contributed by atoms with Crippen LogP contribution in [0.4, 0.5) is 0 Å². The molecule has 0 fully saturated rings. The van der Waals surface area contributed by atoms with Crippen LogP contribution in [0.25, 0.3) is 0 Å². The molecule has 1 aromatic carbocycles. The fraction of sp³-hybridized carbons (Fsp3) is 0.588. The molecule has 21 heavy (non-hydrogen) atoms. The van der Waals surface area contributed by atoms with Crippen LogP contribution in [0.2, 0.25) is 0 Å². The van der Waals surface area contributed by atoms with E-state index in [0.29, 0.717) is 19.1 Å². The van der Waals surface area contributed by atoms with Crippen molar-refractivity contribution in [2.24, 2.45) is 5.92 Å². The minimum atomic E-state index is -0.133. The summed E-state index contributed by atoms with van der Waals surface area (Å²) in [6, 6.07) is 8.12. The average Bonchev–Trinajstić information content (AvgIpc) is 2.43. The van der Waals surface area contributed by atoms with Gasteiger partial charge in [0.25, 0.3) is 0 Å². The lowest BCUT2D eigenvalue weighted by Crippen LogP contribution is -2.44. The molecule has 1 rings (SSSR count). The number of likely N-dealkylation sites (N-methyl/N-ethyl adjacent to an activating group) is 1. The monoisotopic (exact) mass is 292 g/mol. The Labute approximate surface area is 128 Å². The number of nitrogens with one attached hydrogen (secondary N) is 1. The van der Waals surface area contributed by atoms with Crippen LogP contribution in [0, 0.1) is 5.92 Å². The third-order valence-electron chi connectivity index (χ3n) is 3.30. The van der Waals surface area contributed by atoms with E-state index in [4.69, 9.17) is 4.74 Å². The van der Waals surface area contributed by atoms with Gasteiger partial charge in [0, 0.05) is 27.7 Å². The van der Waals surface area contributed by atoms with Gasteiger partial charge in [0.15, 0.2) is 0 Å². The topological polar surface area (TPSA) is 41.6 Å². The molecule has 0 aliphatic rings. The second kappa shape index (κ2) is 8.80. The van der Waals surface area contributed by atoms with Crippen molar-refractivity contribution >= 4 is 5.91 Å². The maximum atomic E-state index is 12.2. The zero-order valence-electron chi connectivity index (χ0n) is 13.8. The highest BCUT2D eigenvalue weighted by molar-refractivity contribution is 5.81. The summed E-state index contributed by atoms with van der Waals surface area (Å²) in [4.78, 5) is 13.9. The molecule has 0 aromatic heterocycles. The van der Waals surface area contributed by atoms with Crippen LogP contribution in [0.1, 0.15) is 31.4 Å². The van der Waals surface area contributed by atoms with Gasteiger partial charge in [-0.1, -0.05) is 38.1 Å². The molecule has 118 valence electrons. The molecule has 1 atom stereocenters. The summed E-state index contributed by atoms with van der Waals surface area (Å²) < 4.78 is 5.15. The number of amides is 1. The van der Waals surface area contributed by atoms with Crippen molar-refractivity contribution in [2.75, 3.05) is 21.2 Å². The van der Waals surface area contributed by atoms with Gasteiger partial charge in [-0.25, -0.2) is 0 Å². The first-order valence-corrected chi connectivity index (χ1v) is 7.45. The Balaban J connectivity index is 2.67. The molecular weight excluding hydrogens is 264 g/mol. The van der Waals surface area contributed by atoms with Crippen molar-refractivity contribution in [1.29, 1.82) is 0 Å². The summed E-state index contributed by atoms with van der Waals surface area (Å²) in [5.41, 5.74) is 2.32. The number of benzene rings is 1. The maximum Gasteiger partial charge on any atom is 0.239 e. The summed E-state index contributed by atoms with van der Waals surface area (Å²) in [6.07, 6.45) is 0.842. The van der Waals surface area contributed by atoms with Crippen LogP contribution in [0.3, 0.4) is 0 Å². The van der Waals surface area contributed by atoms with Gasteiger partial charge < -0.3 is 15.0 Å². The van der Waals surface area contributed by atoms with Gasteiger partial charge in [0.05, 0.1) is 12.6 Å². The number of carbonyl (C=O) groups excluding carboxylic acids is 1. The Kier molecular flexibility index (Phi) is 7.40. The van der Waals surface area contributed by atoms with Gasteiger partial charge in [-0.05, 0) is 23.5 Å². The van der Waals surface area contributed by atoms with Crippen molar-refractivity contribution in [1.82, 2.24) is 10.2 Å². The summed E-state index contributed by atoms with van der Waals surface area (Å²) in [7, 11) is 5.30. The molecule has 0 radical (unpaired) electrons. The van der Waals surface area contributed by atoms with E-state index in [-0.39, 0.29) is 11.9 Å². The van der Waals surface area contributed by atoms with Crippen molar-refractivity contribution in [3.8, 4) is 0 Å². The number of carbonyl (C=O) groups is 1. The fourth-order valence-corrected chi connectivity index (χ4v) is 2.29. The molecule has 0 bridgehead atoms. The lowest BCUT2D eigenvalue weighted by Gasteiger charge is -2.23.